The van der Waals surface area contributed by atoms with Crippen molar-refractivity contribution in [2.24, 2.45) is 5.73 Å². The standard InChI is InChI=1S/C22H27BrN4O4/c23-20-17(10-7-13-25-20)14-18(21(24)29)27-19(28)11-5-2-6-12-26-22(30)31-15-16-8-3-1-4-9-16/h1,3-4,7-10,13,18H,2,5-6,11-12,14-15H2,(H2,24,29)(H,26,30)(H,27,28)/t18-/m1/s1. The van der Waals surface area contributed by atoms with E-state index in [1.54, 1.807) is 12.3 Å². The largest absolute Gasteiger partial charge is 0.445 e. The number of hydrogen-bond donors (Lipinski definition) is 3. The van der Waals surface area contributed by atoms with Crippen LogP contribution in [0.5, 0.6) is 0 Å². The summed E-state index contributed by atoms with van der Waals surface area (Å²) in [5, 5.41) is 5.37. The number of unbranched alkanes of at least 4 members (excludes halogenated alkanes) is 2. The van der Waals surface area contributed by atoms with E-state index < -0.39 is 18.0 Å². The van der Waals surface area contributed by atoms with E-state index in [4.69, 9.17) is 10.5 Å². The molecular formula is C22H27BrN4O4. The fourth-order valence-corrected chi connectivity index (χ4v) is 3.24. The molecule has 2 rings (SSSR count). The number of pyridine rings is 1. The van der Waals surface area contributed by atoms with Gasteiger partial charge < -0.3 is 21.1 Å². The van der Waals surface area contributed by atoms with Gasteiger partial charge in [-0.3, -0.25) is 9.59 Å². The number of carbonyl (C=O) groups is 3. The number of nitrogens with zero attached hydrogens (tertiary/aromatic N) is 1. The summed E-state index contributed by atoms with van der Waals surface area (Å²) >= 11 is 3.32. The van der Waals surface area contributed by atoms with Gasteiger partial charge in [0.1, 0.15) is 17.3 Å². The number of amides is 3. The second kappa shape index (κ2) is 13.4. The second-order valence-corrected chi connectivity index (χ2v) is 7.73. The molecule has 0 saturated heterocycles. The molecule has 0 saturated carbocycles. The van der Waals surface area contributed by atoms with Crippen molar-refractivity contribution in [1.82, 2.24) is 15.6 Å². The summed E-state index contributed by atoms with van der Waals surface area (Å²) in [6.45, 7) is 0.692. The average Bonchev–Trinajstić information content (AvgIpc) is 2.76. The number of halogens is 1. The highest BCUT2D eigenvalue weighted by atomic mass is 79.9. The lowest BCUT2D eigenvalue weighted by Gasteiger charge is -2.16. The van der Waals surface area contributed by atoms with Crippen LogP contribution in [0.2, 0.25) is 0 Å². The predicted octanol–water partition coefficient (Wildman–Crippen LogP) is 2.84. The van der Waals surface area contributed by atoms with Gasteiger partial charge in [0.2, 0.25) is 11.8 Å². The van der Waals surface area contributed by atoms with Gasteiger partial charge in [0.05, 0.1) is 0 Å². The van der Waals surface area contributed by atoms with Crippen molar-refractivity contribution in [2.45, 2.75) is 44.8 Å². The van der Waals surface area contributed by atoms with Crippen LogP contribution < -0.4 is 16.4 Å². The molecule has 0 fully saturated rings. The highest BCUT2D eigenvalue weighted by molar-refractivity contribution is 9.10. The van der Waals surface area contributed by atoms with Crippen LogP contribution in [0, 0.1) is 0 Å². The van der Waals surface area contributed by atoms with Crippen molar-refractivity contribution >= 4 is 33.8 Å². The summed E-state index contributed by atoms with van der Waals surface area (Å²) < 4.78 is 5.75. The van der Waals surface area contributed by atoms with Crippen molar-refractivity contribution < 1.29 is 19.1 Å². The summed E-state index contributed by atoms with van der Waals surface area (Å²) in [7, 11) is 0. The highest BCUT2D eigenvalue weighted by Crippen LogP contribution is 2.14. The summed E-state index contributed by atoms with van der Waals surface area (Å²) in [5.74, 6) is -0.832. The summed E-state index contributed by atoms with van der Waals surface area (Å²) in [6, 6.07) is 12.2. The van der Waals surface area contributed by atoms with E-state index in [1.165, 1.54) is 0 Å². The Hall–Kier alpha value is -2.94. The minimum Gasteiger partial charge on any atom is -0.445 e. The molecule has 1 aromatic heterocycles. The Kier molecular flexibility index (Phi) is 10.5. The third kappa shape index (κ3) is 9.61. The lowest BCUT2D eigenvalue weighted by Crippen LogP contribution is -2.45. The first kappa shape index (κ1) is 24.3. The molecule has 0 aliphatic rings. The lowest BCUT2D eigenvalue weighted by atomic mass is 10.1. The maximum absolute atomic E-state index is 12.2. The third-order valence-corrected chi connectivity index (χ3v) is 5.22. The van der Waals surface area contributed by atoms with Crippen LogP contribution in [0.15, 0.2) is 53.3 Å². The van der Waals surface area contributed by atoms with Crippen molar-refractivity contribution in [1.29, 1.82) is 0 Å². The Labute approximate surface area is 190 Å². The van der Waals surface area contributed by atoms with Crippen LogP contribution in [0.4, 0.5) is 4.79 Å². The Morgan fingerprint density at radius 1 is 1.06 bits per heavy atom. The van der Waals surface area contributed by atoms with Gasteiger partial charge in [-0.1, -0.05) is 42.8 Å². The van der Waals surface area contributed by atoms with Gasteiger partial charge in [0.25, 0.3) is 0 Å². The molecule has 8 nitrogen and oxygen atoms in total. The molecule has 3 amide bonds. The molecule has 4 N–H and O–H groups in total. The molecule has 9 heteroatoms. The van der Waals surface area contributed by atoms with Crippen LogP contribution in [0.1, 0.15) is 36.8 Å². The van der Waals surface area contributed by atoms with Crippen molar-refractivity contribution in [3.8, 4) is 0 Å². The summed E-state index contributed by atoms with van der Waals surface area (Å²) in [4.78, 5) is 39.6. The molecule has 0 radical (unpaired) electrons. The first-order valence-corrected chi connectivity index (χ1v) is 10.9. The molecular weight excluding hydrogens is 464 g/mol. The normalized spacial score (nSPS) is 11.4. The maximum atomic E-state index is 12.2. The molecule has 2 aromatic rings. The number of benzene rings is 1. The number of rotatable bonds is 12. The zero-order chi connectivity index (χ0) is 22.5. The molecule has 31 heavy (non-hydrogen) atoms. The Balaban J connectivity index is 1.58. The van der Waals surface area contributed by atoms with E-state index in [1.807, 2.05) is 36.4 Å². The van der Waals surface area contributed by atoms with E-state index in [-0.39, 0.29) is 25.4 Å². The summed E-state index contributed by atoms with van der Waals surface area (Å²) in [5.41, 5.74) is 7.14. The summed E-state index contributed by atoms with van der Waals surface area (Å²) in [6.07, 6.45) is 3.81. The first-order chi connectivity index (χ1) is 15.0. The Bertz CT molecular complexity index is 864. The molecule has 0 spiro atoms. The number of carbonyl (C=O) groups excluding carboxylic acids is 3. The minimum atomic E-state index is -0.797. The quantitative estimate of drug-likeness (QED) is 0.311. The van der Waals surface area contributed by atoms with Crippen molar-refractivity contribution in [3.05, 3.63) is 64.4 Å². The molecule has 0 bridgehead atoms. The van der Waals surface area contributed by atoms with Gasteiger partial charge in [-0.2, -0.15) is 0 Å². The average molecular weight is 491 g/mol. The molecule has 0 aliphatic carbocycles. The SMILES string of the molecule is NC(=O)[C@@H](Cc1cccnc1Br)NC(=O)CCCCCNC(=O)OCc1ccccc1. The Morgan fingerprint density at radius 3 is 2.55 bits per heavy atom. The molecule has 1 heterocycles. The van der Waals surface area contributed by atoms with Crippen molar-refractivity contribution in [2.75, 3.05) is 6.54 Å². The number of nitrogens with one attached hydrogen (secondary N) is 2. The van der Waals surface area contributed by atoms with E-state index in [0.717, 1.165) is 24.0 Å². The fraction of sp³-hybridized carbons (Fsp3) is 0.364. The van der Waals surface area contributed by atoms with Gasteiger partial charge in [-0.25, -0.2) is 9.78 Å². The lowest BCUT2D eigenvalue weighted by molar-refractivity contribution is -0.127. The number of alkyl carbamates (subject to hydrolysis) is 1. The Morgan fingerprint density at radius 2 is 1.84 bits per heavy atom. The number of ether oxygens (including phenoxy) is 1. The number of primary amides is 1. The smallest absolute Gasteiger partial charge is 0.407 e. The van der Waals surface area contributed by atoms with Crippen LogP contribution in [0.3, 0.4) is 0 Å². The van der Waals surface area contributed by atoms with Gasteiger partial charge in [0.15, 0.2) is 0 Å². The van der Waals surface area contributed by atoms with E-state index in [2.05, 4.69) is 31.5 Å². The zero-order valence-corrected chi connectivity index (χ0v) is 18.8. The molecule has 0 aliphatic heterocycles. The van der Waals surface area contributed by atoms with Crippen LogP contribution >= 0.6 is 15.9 Å². The number of aromatic nitrogens is 1. The highest BCUT2D eigenvalue weighted by Gasteiger charge is 2.19. The van der Waals surface area contributed by atoms with Crippen molar-refractivity contribution in [3.63, 3.8) is 0 Å². The topological polar surface area (TPSA) is 123 Å². The van der Waals surface area contributed by atoms with Gasteiger partial charge in [0, 0.05) is 25.6 Å². The fourth-order valence-electron chi connectivity index (χ4n) is 2.83. The predicted molar refractivity (Wildman–Crippen MR) is 120 cm³/mol. The van der Waals surface area contributed by atoms with Crippen LogP contribution in [-0.2, 0) is 27.4 Å². The zero-order valence-electron chi connectivity index (χ0n) is 17.2. The monoisotopic (exact) mass is 490 g/mol. The molecule has 166 valence electrons. The molecule has 1 aromatic carbocycles. The van der Waals surface area contributed by atoms with Gasteiger partial charge in [-0.05, 0) is 46.0 Å². The first-order valence-electron chi connectivity index (χ1n) is 10.1. The van der Waals surface area contributed by atoms with E-state index >= 15 is 0 Å². The number of nitrogens with two attached hydrogens (primary N) is 1. The van der Waals surface area contributed by atoms with Crippen LogP contribution in [0.25, 0.3) is 0 Å². The van der Waals surface area contributed by atoms with Crippen LogP contribution in [-0.4, -0.2) is 35.5 Å². The van der Waals surface area contributed by atoms with E-state index in [9.17, 15) is 14.4 Å². The molecule has 0 unspecified atom stereocenters. The minimum absolute atomic E-state index is 0.226. The third-order valence-electron chi connectivity index (χ3n) is 4.50. The van der Waals surface area contributed by atoms with E-state index in [0.29, 0.717) is 17.6 Å². The second-order valence-electron chi connectivity index (χ2n) is 6.98. The number of hydrogen-bond acceptors (Lipinski definition) is 5. The maximum Gasteiger partial charge on any atom is 0.407 e. The van der Waals surface area contributed by atoms with Gasteiger partial charge in [-0.15, -0.1) is 0 Å². The van der Waals surface area contributed by atoms with Gasteiger partial charge >= 0.3 is 6.09 Å². The molecule has 1 atom stereocenters.